The van der Waals surface area contributed by atoms with Crippen LogP contribution >= 0.6 is 0 Å². The predicted molar refractivity (Wildman–Crippen MR) is 73.7 cm³/mol. The number of carbonyl (C=O) groups excluding carboxylic acids is 1. The van der Waals surface area contributed by atoms with Crippen molar-refractivity contribution >= 4 is 12.2 Å². The molecule has 0 radical (unpaired) electrons. The first kappa shape index (κ1) is 14.9. The summed E-state index contributed by atoms with van der Waals surface area (Å²) in [5, 5.41) is 9.02. The normalized spacial score (nSPS) is 22.1. The maximum absolute atomic E-state index is 12.3. The second-order valence-electron chi connectivity index (χ2n) is 6.73. The number of hydrogen-bond donors (Lipinski definition) is 1. The summed E-state index contributed by atoms with van der Waals surface area (Å²) in [7, 11) is 0. The van der Waals surface area contributed by atoms with Gasteiger partial charge in [-0.05, 0) is 46.5 Å². The number of carboxylic acid groups (broad SMARTS) is 1. The van der Waals surface area contributed by atoms with Crippen molar-refractivity contribution in [1.29, 1.82) is 0 Å². The lowest BCUT2D eigenvalue weighted by atomic mass is 9.85. The van der Waals surface area contributed by atoms with Crippen LogP contribution in [0.5, 0.6) is 0 Å². The maximum Gasteiger partial charge on any atom is 0.410 e. The van der Waals surface area contributed by atoms with E-state index in [2.05, 4.69) is 0 Å². The van der Waals surface area contributed by atoms with Gasteiger partial charge in [0.05, 0.1) is 0 Å². The molecule has 0 aromatic heterocycles. The number of piperidine rings is 1. The standard InChI is InChI=1S/C14H24N2O4/c1-13(2,3)20-12(19)16-8-4-5-14(16)6-9-15(10-7-14)11(17)18/h4-10H2,1-3H3,(H,17,18). The minimum absolute atomic E-state index is 0.200. The smallest absolute Gasteiger partial charge is 0.410 e. The van der Waals surface area contributed by atoms with Crippen LogP contribution in [0, 0.1) is 0 Å². The Labute approximate surface area is 119 Å². The van der Waals surface area contributed by atoms with E-state index in [4.69, 9.17) is 9.84 Å². The fourth-order valence-corrected chi connectivity index (χ4v) is 3.17. The number of ether oxygens (including phenoxy) is 1. The molecule has 2 aliphatic rings. The van der Waals surface area contributed by atoms with Gasteiger partial charge in [0, 0.05) is 25.2 Å². The Morgan fingerprint density at radius 2 is 1.70 bits per heavy atom. The Balaban J connectivity index is 2.04. The van der Waals surface area contributed by atoms with E-state index in [0.29, 0.717) is 32.5 Å². The molecule has 6 nitrogen and oxygen atoms in total. The van der Waals surface area contributed by atoms with Crippen molar-refractivity contribution in [2.45, 2.75) is 57.6 Å². The summed E-state index contributed by atoms with van der Waals surface area (Å²) in [5.74, 6) is 0. The lowest BCUT2D eigenvalue weighted by molar-refractivity contribution is -0.00517. The first-order chi connectivity index (χ1) is 9.23. The van der Waals surface area contributed by atoms with Crippen molar-refractivity contribution in [3.05, 3.63) is 0 Å². The van der Waals surface area contributed by atoms with Crippen molar-refractivity contribution in [3.63, 3.8) is 0 Å². The van der Waals surface area contributed by atoms with Crippen molar-refractivity contribution in [2.75, 3.05) is 19.6 Å². The number of amides is 2. The molecule has 2 rings (SSSR count). The third-order valence-electron chi connectivity index (χ3n) is 4.17. The number of hydrogen-bond acceptors (Lipinski definition) is 3. The highest BCUT2D eigenvalue weighted by Gasteiger charge is 2.47. The molecule has 0 aliphatic carbocycles. The zero-order valence-electron chi connectivity index (χ0n) is 12.5. The van der Waals surface area contributed by atoms with Crippen molar-refractivity contribution in [2.24, 2.45) is 0 Å². The number of rotatable bonds is 0. The van der Waals surface area contributed by atoms with E-state index < -0.39 is 11.7 Å². The molecule has 0 bridgehead atoms. The van der Waals surface area contributed by atoms with Gasteiger partial charge < -0.3 is 19.6 Å². The maximum atomic E-state index is 12.3. The van der Waals surface area contributed by atoms with E-state index in [1.807, 2.05) is 25.7 Å². The molecule has 2 fully saturated rings. The van der Waals surface area contributed by atoms with Gasteiger partial charge in [-0.1, -0.05) is 0 Å². The minimum Gasteiger partial charge on any atom is -0.465 e. The van der Waals surface area contributed by atoms with Gasteiger partial charge in [0.15, 0.2) is 0 Å². The Hall–Kier alpha value is -1.46. The SMILES string of the molecule is CC(C)(C)OC(=O)N1CCCC12CCN(C(=O)O)CC2. The Kier molecular flexibility index (Phi) is 3.84. The molecular weight excluding hydrogens is 260 g/mol. The summed E-state index contributed by atoms with van der Waals surface area (Å²) in [6.45, 7) is 7.29. The lowest BCUT2D eigenvalue weighted by Gasteiger charge is -2.44. The van der Waals surface area contributed by atoms with E-state index in [1.54, 1.807) is 0 Å². The third-order valence-corrected chi connectivity index (χ3v) is 4.17. The zero-order chi connectivity index (χ0) is 15.0. The molecule has 1 N–H and O–H groups in total. The van der Waals surface area contributed by atoms with Gasteiger partial charge in [0.2, 0.25) is 0 Å². The van der Waals surface area contributed by atoms with E-state index in [9.17, 15) is 9.59 Å². The third kappa shape index (κ3) is 2.99. The highest BCUT2D eigenvalue weighted by atomic mass is 16.6. The first-order valence-electron chi connectivity index (χ1n) is 7.22. The monoisotopic (exact) mass is 284 g/mol. The first-order valence-corrected chi connectivity index (χ1v) is 7.22. The van der Waals surface area contributed by atoms with Gasteiger partial charge in [-0.3, -0.25) is 0 Å². The molecule has 2 aliphatic heterocycles. The Morgan fingerprint density at radius 3 is 2.20 bits per heavy atom. The summed E-state index contributed by atoms with van der Waals surface area (Å²) < 4.78 is 5.48. The second kappa shape index (κ2) is 5.14. The summed E-state index contributed by atoms with van der Waals surface area (Å²) in [6, 6.07) is 0. The highest BCUT2D eigenvalue weighted by Crippen LogP contribution is 2.39. The number of likely N-dealkylation sites (tertiary alicyclic amines) is 2. The van der Waals surface area contributed by atoms with Gasteiger partial charge >= 0.3 is 12.2 Å². The average molecular weight is 284 g/mol. The second-order valence-corrected chi connectivity index (χ2v) is 6.73. The molecule has 6 heteroatoms. The van der Waals surface area contributed by atoms with Crippen LogP contribution in [0.3, 0.4) is 0 Å². The van der Waals surface area contributed by atoms with Crippen molar-refractivity contribution < 1.29 is 19.4 Å². The summed E-state index contributed by atoms with van der Waals surface area (Å²) in [6.07, 6.45) is 2.18. The highest BCUT2D eigenvalue weighted by molar-refractivity contribution is 5.70. The molecule has 0 saturated carbocycles. The van der Waals surface area contributed by atoms with E-state index in [1.165, 1.54) is 4.90 Å². The largest absolute Gasteiger partial charge is 0.465 e. The zero-order valence-corrected chi connectivity index (χ0v) is 12.5. The van der Waals surface area contributed by atoms with Crippen LogP contribution in [-0.4, -0.2) is 57.9 Å². The average Bonchev–Trinajstić information content (AvgIpc) is 2.71. The van der Waals surface area contributed by atoms with Crippen LogP contribution in [0.25, 0.3) is 0 Å². The van der Waals surface area contributed by atoms with Crippen LogP contribution in [0.2, 0.25) is 0 Å². The van der Waals surface area contributed by atoms with Crippen molar-refractivity contribution in [3.8, 4) is 0 Å². The molecule has 1 spiro atoms. The van der Waals surface area contributed by atoms with Gasteiger partial charge in [-0.15, -0.1) is 0 Å². The topological polar surface area (TPSA) is 70.1 Å². The molecule has 0 unspecified atom stereocenters. The lowest BCUT2D eigenvalue weighted by Crippen LogP contribution is -2.55. The summed E-state index contributed by atoms with van der Waals surface area (Å²) >= 11 is 0. The van der Waals surface area contributed by atoms with Gasteiger partial charge in [0.1, 0.15) is 5.60 Å². The Bertz CT molecular complexity index is 394. The molecule has 20 heavy (non-hydrogen) atoms. The molecular formula is C14H24N2O4. The molecule has 0 atom stereocenters. The van der Waals surface area contributed by atoms with E-state index in [-0.39, 0.29) is 11.6 Å². The number of carbonyl (C=O) groups is 2. The molecule has 2 saturated heterocycles. The minimum atomic E-state index is -0.873. The quantitative estimate of drug-likeness (QED) is 0.742. The van der Waals surface area contributed by atoms with Crippen LogP contribution in [0.1, 0.15) is 46.5 Å². The van der Waals surface area contributed by atoms with E-state index in [0.717, 1.165) is 12.8 Å². The summed E-state index contributed by atoms with van der Waals surface area (Å²) in [4.78, 5) is 26.6. The molecule has 0 aromatic rings. The van der Waals surface area contributed by atoms with Crippen molar-refractivity contribution in [1.82, 2.24) is 9.80 Å². The van der Waals surface area contributed by atoms with Crippen LogP contribution in [0.4, 0.5) is 9.59 Å². The molecule has 2 amide bonds. The van der Waals surface area contributed by atoms with Gasteiger partial charge in [-0.25, -0.2) is 9.59 Å². The number of nitrogens with zero attached hydrogens (tertiary/aromatic N) is 2. The fourth-order valence-electron chi connectivity index (χ4n) is 3.17. The fraction of sp³-hybridized carbons (Fsp3) is 0.857. The van der Waals surface area contributed by atoms with Gasteiger partial charge in [0.25, 0.3) is 0 Å². The molecule has 114 valence electrons. The van der Waals surface area contributed by atoms with Crippen LogP contribution < -0.4 is 0 Å². The molecule has 0 aromatic carbocycles. The van der Waals surface area contributed by atoms with Crippen LogP contribution in [-0.2, 0) is 4.74 Å². The predicted octanol–water partition coefficient (Wildman–Crippen LogP) is 2.53. The van der Waals surface area contributed by atoms with Gasteiger partial charge in [-0.2, -0.15) is 0 Å². The summed E-state index contributed by atoms with van der Waals surface area (Å²) in [5.41, 5.74) is -0.698. The molecule has 2 heterocycles. The Morgan fingerprint density at radius 1 is 1.10 bits per heavy atom. The van der Waals surface area contributed by atoms with Crippen LogP contribution in [0.15, 0.2) is 0 Å². The van der Waals surface area contributed by atoms with E-state index >= 15 is 0 Å².